The van der Waals surface area contributed by atoms with Crippen LogP contribution in [0, 0.1) is 0 Å². The van der Waals surface area contributed by atoms with Crippen molar-refractivity contribution in [1.29, 1.82) is 0 Å². The van der Waals surface area contributed by atoms with Gasteiger partial charge in [-0.25, -0.2) is 4.98 Å². The Bertz CT molecular complexity index is 1250. The fourth-order valence-corrected chi connectivity index (χ4v) is 4.36. The summed E-state index contributed by atoms with van der Waals surface area (Å²) in [5, 5.41) is 2.98. The minimum Gasteiger partial charge on any atom is -0.329 e. The first-order valence-electron chi connectivity index (χ1n) is 10.9. The van der Waals surface area contributed by atoms with Gasteiger partial charge in [0.05, 0.1) is 11.0 Å². The van der Waals surface area contributed by atoms with Gasteiger partial charge in [0, 0.05) is 41.1 Å². The van der Waals surface area contributed by atoms with Gasteiger partial charge in [-0.05, 0) is 43.5 Å². The summed E-state index contributed by atoms with van der Waals surface area (Å²) >= 11 is 0. The van der Waals surface area contributed by atoms with Crippen LogP contribution in [0.15, 0.2) is 33.9 Å². The number of aromatic nitrogens is 3. The van der Waals surface area contributed by atoms with Crippen LogP contribution in [0.1, 0.15) is 58.7 Å². The molecule has 0 spiro atoms. The number of hydrogen-bond donors (Lipinski definition) is 0. The molecule has 0 atom stereocenters. The minimum atomic E-state index is -0.178. The number of rotatable bonds is 8. The third-order valence-corrected chi connectivity index (χ3v) is 5.86. The lowest BCUT2D eigenvalue weighted by molar-refractivity contribution is 0.601. The highest BCUT2D eigenvalue weighted by atomic mass is 16.2. The molecule has 152 valence electrons. The Balaban J connectivity index is 2.12. The quantitative estimate of drug-likeness (QED) is 0.403. The van der Waals surface area contributed by atoms with Crippen molar-refractivity contribution in [2.75, 3.05) is 0 Å². The average molecular weight is 392 g/mol. The summed E-state index contributed by atoms with van der Waals surface area (Å²) in [5.41, 5.74) is 1.60. The highest BCUT2D eigenvalue weighted by molar-refractivity contribution is 6.20. The second-order valence-electron chi connectivity index (χ2n) is 7.91. The van der Waals surface area contributed by atoms with Gasteiger partial charge in [-0.2, -0.15) is 0 Å². The van der Waals surface area contributed by atoms with Crippen molar-refractivity contribution >= 4 is 32.6 Å². The summed E-state index contributed by atoms with van der Waals surface area (Å²) in [6.45, 7) is 7.79. The number of benzene rings is 2. The SMILES string of the molecule is CCCCn1c(=O)c2ccc3nc(CCC)n(CCCC)c4ccc(c1=O)c2c34. The number of aryl methyl sites for hydroxylation is 2. The van der Waals surface area contributed by atoms with Crippen LogP contribution in [-0.4, -0.2) is 14.1 Å². The molecule has 0 aliphatic heterocycles. The molecule has 0 amide bonds. The largest absolute Gasteiger partial charge is 0.329 e. The van der Waals surface area contributed by atoms with E-state index in [-0.39, 0.29) is 11.1 Å². The van der Waals surface area contributed by atoms with Crippen molar-refractivity contribution in [3.63, 3.8) is 0 Å². The molecule has 0 radical (unpaired) electrons. The molecule has 0 fully saturated rings. The summed E-state index contributed by atoms with van der Waals surface area (Å²) in [7, 11) is 0. The predicted molar refractivity (Wildman–Crippen MR) is 120 cm³/mol. The molecule has 0 saturated carbocycles. The van der Waals surface area contributed by atoms with E-state index >= 15 is 0 Å². The van der Waals surface area contributed by atoms with Gasteiger partial charge in [-0.15, -0.1) is 0 Å². The van der Waals surface area contributed by atoms with Crippen molar-refractivity contribution in [2.45, 2.75) is 72.4 Å². The van der Waals surface area contributed by atoms with Crippen LogP contribution in [0.25, 0.3) is 32.6 Å². The molecule has 0 unspecified atom stereocenters. The van der Waals surface area contributed by atoms with Crippen molar-refractivity contribution in [3.05, 3.63) is 50.8 Å². The lowest BCUT2D eigenvalue weighted by atomic mass is 9.99. The Labute approximate surface area is 170 Å². The Morgan fingerprint density at radius 1 is 0.759 bits per heavy atom. The molecule has 0 bridgehead atoms. The van der Waals surface area contributed by atoms with Crippen molar-refractivity contribution in [1.82, 2.24) is 14.1 Å². The summed E-state index contributed by atoms with van der Waals surface area (Å²) in [4.78, 5) is 31.2. The van der Waals surface area contributed by atoms with Crippen molar-refractivity contribution < 1.29 is 0 Å². The van der Waals surface area contributed by atoms with E-state index < -0.39 is 0 Å². The molecular weight excluding hydrogens is 362 g/mol. The molecule has 0 N–H and O–H groups in total. The Morgan fingerprint density at radius 3 is 2.00 bits per heavy atom. The molecule has 2 heterocycles. The molecule has 0 saturated heterocycles. The van der Waals surface area contributed by atoms with E-state index in [1.54, 1.807) is 0 Å². The van der Waals surface area contributed by atoms with Crippen molar-refractivity contribution in [2.24, 2.45) is 0 Å². The van der Waals surface area contributed by atoms with Gasteiger partial charge in [-0.1, -0.05) is 33.6 Å². The third kappa shape index (κ3) is 3.13. The fourth-order valence-electron chi connectivity index (χ4n) is 4.36. The van der Waals surface area contributed by atoms with Crippen molar-refractivity contribution in [3.8, 4) is 0 Å². The first kappa shape index (κ1) is 19.6. The van der Waals surface area contributed by atoms with E-state index in [4.69, 9.17) is 4.98 Å². The van der Waals surface area contributed by atoms with E-state index in [0.29, 0.717) is 17.3 Å². The minimum absolute atomic E-state index is 0.178. The van der Waals surface area contributed by atoms with Gasteiger partial charge in [0.25, 0.3) is 11.1 Å². The van der Waals surface area contributed by atoms with Crippen LogP contribution >= 0.6 is 0 Å². The summed E-state index contributed by atoms with van der Waals surface area (Å²) < 4.78 is 3.70. The Hall–Kier alpha value is -2.69. The van der Waals surface area contributed by atoms with Gasteiger partial charge < -0.3 is 4.57 Å². The number of pyridine rings is 1. The first-order valence-corrected chi connectivity index (χ1v) is 10.9. The molecule has 29 heavy (non-hydrogen) atoms. The third-order valence-electron chi connectivity index (χ3n) is 5.86. The summed E-state index contributed by atoms with van der Waals surface area (Å²) in [6, 6.07) is 7.76. The molecule has 4 aromatic rings. The Kier molecular flexibility index (Phi) is 5.39. The smallest absolute Gasteiger partial charge is 0.261 e. The molecule has 0 aliphatic rings. The maximum Gasteiger partial charge on any atom is 0.261 e. The fraction of sp³-hybridized carbons (Fsp3) is 0.458. The molecule has 5 nitrogen and oxygen atoms in total. The molecule has 2 aromatic carbocycles. The topological polar surface area (TPSA) is 56.9 Å². The number of hydrogen-bond acceptors (Lipinski definition) is 3. The highest BCUT2D eigenvalue weighted by Crippen LogP contribution is 2.32. The molecule has 2 aromatic heterocycles. The molecular formula is C24H29N3O2. The van der Waals surface area contributed by atoms with E-state index in [1.165, 1.54) is 4.57 Å². The lowest BCUT2D eigenvalue weighted by Gasteiger charge is -2.19. The van der Waals surface area contributed by atoms with E-state index in [9.17, 15) is 9.59 Å². The lowest BCUT2D eigenvalue weighted by Crippen LogP contribution is -2.33. The zero-order valence-corrected chi connectivity index (χ0v) is 17.6. The van der Waals surface area contributed by atoms with Crippen LogP contribution < -0.4 is 11.1 Å². The van der Waals surface area contributed by atoms with Gasteiger partial charge in [-0.3, -0.25) is 14.2 Å². The summed E-state index contributed by atoms with van der Waals surface area (Å²) in [5.74, 6) is 1.08. The molecule has 4 rings (SSSR count). The number of unbranched alkanes of at least 4 members (excludes halogenated alkanes) is 2. The predicted octanol–water partition coefficient (Wildman–Crippen LogP) is 4.86. The zero-order chi connectivity index (χ0) is 20.5. The molecule has 5 heteroatoms. The van der Waals surface area contributed by atoms with Gasteiger partial charge in [0.15, 0.2) is 0 Å². The van der Waals surface area contributed by atoms with Gasteiger partial charge in [0.2, 0.25) is 0 Å². The molecule has 0 aliphatic carbocycles. The average Bonchev–Trinajstić information content (AvgIpc) is 2.73. The van der Waals surface area contributed by atoms with Gasteiger partial charge in [0.1, 0.15) is 5.82 Å². The van der Waals surface area contributed by atoms with Crippen LogP contribution in [0.3, 0.4) is 0 Å². The summed E-state index contributed by atoms with van der Waals surface area (Å²) in [6.07, 6.45) is 5.88. The highest BCUT2D eigenvalue weighted by Gasteiger charge is 2.19. The van der Waals surface area contributed by atoms with Crippen LogP contribution in [0.5, 0.6) is 0 Å². The van der Waals surface area contributed by atoms with Crippen LogP contribution in [0.4, 0.5) is 0 Å². The maximum absolute atomic E-state index is 13.1. The Morgan fingerprint density at radius 2 is 1.38 bits per heavy atom. The second kappa shape index (κ2) is 7.97. The van der Waals surface area contributed by atoms with E-state index in [0.717, 1.165) is 72.7 Å². The number of nitrogens with zero attached hydrogens (tertiary/aromatic N) is 3. The zero-order valence-electron chi connectivity index (χ0n) is 17.6. The maximum atomic E-state index is 13.1. The van der Waals surface area contributed by atoms with Crippen LogP contribution in [-0.2, 0) is 19.5 Å². The monoisotopic (exact) mass is 391 g/mol. The first-order chi connectivity index (χ1) is 14.1. The standard InChI is InChI=1S/C24H29N3O2/c1-4-7-14-26-19-13-11-17-21-16(23(28)27(24(17)29)15-8-5-2)10-12-18(22(19)21)25-20(26)9-6-3/h10-13H,4-9,14-15H2,1-3H3. The normalized spacial score (nSPS) is 12.0. The van der Waals surface area contributed by atoms with E-state index in [1.807, 2.05) is 18.2 Å². The van der Waals surface area contributed by atoms with E-state index in [2.05, 4.69) is 31.4 Å². The second-order valence-corrected chi connectivity index (χ2v) is 7.91. The van der Waals surface area contributed by atoms with Crippen LogP contribution in [0.2, 0.25) is 0 Å². The van der Waals surface area contributed by atoms with Gasteiger partial charge >= 0.3 is 0 Å².